The van der Waals surface area contributed by atoms with Crippen LogP contribution in [0.5, 0.6) is 0 Å². The average Bonchev–Trinajstić information content (AvgIpc) is 3.02. The molecule has 0 aromatic rings. The highest BCUT2D eigenvalue weighted by Crippen LogP contribution is 2.14. The van der Waals surface area contributed by atoms with Gasteiger partial charge in [-0.05, 0) is 38.5 Å². The predicted octanol–water partition coefficient (Wildman–Crippen LogP) is 11.7. The molecule has 0 aromatic carbocycles. The number of hydrogen-bond donors (Lipinski definition) is 1. The van der Waals surface area contributed by atoms with Gasteiger partial charge in [-0.3, -0.25) is 9.59 Å². The van der Waals surface area contributed by atoms with Gasteiger partial charge in [0.1, 0.15) is 19.3 Å². The molecule has 0 rings (SSSR count). The van der Waals surface area contributed by atoms with E-state index in [1.165, 1.54) is 148 Å². The third-order valence-corrected chi connectivity index (χ3v) is 8.50. The minimum Gasteiger partial charge on any atom is -0.463 e. The Morgan fingerprint density at radius 1 is 0.455 bits per heavy atom. The summed E-state index contributed by atoms with van der Waals surface area (Å²) in [6, 6.07) is 0. The van der Waals surface area contributed by atoms with Gasteiger partial charge in [-0.25, -0.2) is 0 Å². The lowest BCUT2D eigenvalue weighted by atomic mass is 10.0. The smallest absolute Gasteiger partial charge is 0.305 e. The second kappa shape index (κ2) is 36.1. The van der Waals surface area contributed by atoms with Gasteiger partial charge < -0.3 is 14.6 Å². The highest BCUT2D eigenvalue weighted by molar-refractivity contribution is 5.69. The van der Waals surface area contributed by atoms with Crippen molar-refractivity contribution < 1.29 is 24.2 Å². The molecule has 0 saturated carbocycles. The second-order valence-electron chi connectivity index (χ2n) is 13.1. The van der Waals surface area contributed by atoms with Crippen LogP contribution in [0.2, 0.25) is 0 Å². The van der Waals surface area contributed by atoms with Crippen molar-refractivity contribution in [2.24, 2.45) is 0 Å². The van der Waals surface area contributed by atoms with E-state index in [2.05, 4.69) is 26.0 Å². The molecule has 0 aliphatic carbocycles. The van der Waals surface area contributed by atoms with Crippen LogP contribution in [0.3, 0.4) is 0 Å². The molecule has 0 spiro atoms. The van der Waals surface area contributed by atoms with Crippen LogP contribution < -0.4 is 0 Å². The minimum atomic E-state index is -0.958. The van der Waals surface area contributed by atoms with E-state index in [1.54, 1.807) is 0 Å². The Hall–Kier alpha value is -1.36. The number of carbonyl (C=O) groups is 2. The molecule has 0 radical (unpaired) electrons. The fourth-order valence-corrected chi connectivity index (χ4v) is 5.55. The molecule has 5 nitrogen and oxygen atoms in total. The summed E-state index contributed by atoms with van der Waals surface area (Å²) in [7, 11) is 0. The zero-order chi connectivity index (χ0) is 32.2. The van der Waals surface area contributed by atoms with Crippen molar-refractivity contribution in [1.29, 1.82) is 0 Å². The normalized spacial score (nSPS) is 12.2. The Labute approximate surface area is 273 Å². The third kappa shape index (κ3) is 35.1. The van der Waals surface area contributed by atoms with Crippen LogP contribution in [-0.2, 0) is 19.1 Å². The maximum absolute atomic E-state index is 11.9. The fraction of sp³-hybridized carbons (Fsp3) is 0.897. The molecule has 0 unspecified atom stereocenters. The first kappa shape index (κ1) is 42.6. The fourth-order valence-electron chi connectivity index (χ4n) is 5.55. The summed E-state index contributed by atoms with van der Waals surface area (Å²) >= 11 is 0. The molecule has 1 N–H and O–H groups in total. The van der Waals surface area contributed by atoms with Gasteiger partial charge in [-0.1, -0.05) is 167 Å². The SMILES string of the molecule is CCCCCC/C=C\CCCCCCCCCC(=O)OC[C@H](O)COC(=O)CCCCCCCCCCCCCCCCC. The molecule has 0 heterocycles. The molecule has 0 aliphatic rings. The Morgan fingerprint density at radius 3 is 1.07 bits per heavy atom. The molecule has 0 aliphatic heterocycles. The summed E-state index contributed by atoms with van der Waals surface area (Å²) < 4.78 is 10.3. The number of carbonyl (C=O) groups excluding carboxylic acids is 2. The summed E-state index contributed by atoms with van der Waals surface area (Å²) in [6.07, 6.45) is 39.7. The van der Waals surface area contributed by atoms with E-state index in [9.17, 15) is 14.7 Å². The van der Waals surface area contributed by atoms with Gasteiger partial charge in [0.25, 0.3) is 0 Å². The van der Waals surface area contributed by atoms with Gasteiger partial charge in [0.05, 0.1) is 0 Å². The van der Waals surface area contributed by atoms with Crippen LogP contribution in [0.25, 0.3) is 0 Å². The second-order valence-corrected chi connectivity index (χ2v) is 13.1. The van der Waals surface area contributed by atoms with E-state index in [1.807, 2.05) is 0 Å². The maximum atomic E-state index is 11.9. The summed E-state index contributed by atoms with van der Waals surface area (Å²) in [5, 5.41) is 10.00. The lowest BCUT2D eigenvalue weighted by molar-refractivity contribution is -0.152. The number of hydrogen-bond acceptors (Lipinski definition) is 5. The lowest BCUT2D eigenvalue weighted by Gasteiger charge is -2.12. The van der Waals surface area contributed by atoms with Crippen LogP contribution in [0, 0.1) is 0 Å². The summed E-state index contributed by atoms with van der Waals surface area (Å²) in [5.41, 5.74) is 0. The molecule has 44 heavy (non-hydrogen) atoms. The maximum Gasteiger partial charge on any atom is 0.305 e. The van der Waals surface area contributed by atoms with Crippen LogP contribution in [0.4, 0.5) is 0 Å². The highest BCUT2D eigenvalue weighted by Gasteiger charge is 2.12. The van der Waals surface area contributed by atoms with Crippen molar-refractivity contribution in [1.82, 2.24) is 0 Å². The molecule has 0 amide bonds. The molecule has 0 bridgehead atoms. The Balaban J connectivity index is 3.40. The van der Waals surface area contributed by atoms with Gasteiger partial charge in [-0.15, -0.1) is 0 Å². The summed E-state index contributed by atoms with van der Waals surface area (Å²) in [4.78, 5) is 23.9. The van der Waals surface area contributed by atoms with Crippen LogP contribution in [0.1, 0.15) is 206 Å². The van der Waals surface area contributed by atoms with Crippen LogP contribution in [-0.4, -0.2) is 36.4 Å². The van der Waals surface area contributed by atoms with Gasteiger partial charge in [0.15, 0.2) is 0 Å². The molecule has 1 atom stereocenters. The molecule has 0 fully saturated rings. The van der Waals surface area contributed by atoms with Crippen molar-refractivity contribution in [3.63, 3.8) is 0 Å². The first-order chi connectivity index (χ1) is 21.6. The van der Waals surface area contributed by atoms with Crippen LogP contribution >= 0.6 is 0 Å². The Bertz CT molecular complexity index is 632. The molecule has 260 valence electrons. The number of esters is 2. The van der Waals surface area contributed by atoms with E-state index < -0.39 is 6.10 Å². The number of aliphatic hydroxyl groups is 1. The van der Waals surface area contributed by atoms with Crippen molar-refractivity contribution in [3.8, 4) is 0 Å². The monoisotopic (exact) mass is 623 g/mol. The van der Waals surface area contributed by atoms with Crippen molar-refractivity contribution >= 4 is 11.9 Å². The minimum absolute atomic E-state index is 0.112. The van der Waals surface area contributed by atoms with E-state index in [0.29, 0.717) is 12.8 Å². The molecule has 5 heteroatoms. The van der Waals surface area contributed by atoms with Gasteiger partial charge in [0, 0.05) is 12.8 Å². The van der Waals surface area contributed by atoms with Gasteiger partial charge in [-0.2, -0.15) is 0 Å². The van der Waals surface area contributed by atoms with E-state index in [4.69, 9.17) is 9.47 Å². The van der Waals surface area contributed by atoms with E-state index in [-0.39, 0.29) is 25.2 Å². The number of allylic oxidation sites excluding steroid dienone is 2. The topological polar surface area (TPSA) is 72.8 Å². The average molecular weight is 623 g/mol. The zero-order valence-electron chi connectivity index (χ0n) is 29.4. The molecular weight excluding hydrogens is 548 g/mol. The predicted molar refractivity (Wildman–Crippen MR) is 187 cm³/mol. The number of unbranched alkanes of at least 4 members (excludes halogenated alkanes) is 25. The van der Waals surface area contributed by atoms with Gasteiger partial charge >= 0.3 is 11.9 Å². The third-order valence-electron chi connectivity index (χ3n) is 8.50. The standard InChI is InChI=1S/C39H74O5/c1-3-5-7-9-11-13-15-17-19-21-23-25-27-29-31-33-38(41)43-35-37(40)36-44-39(42)34-32-30-28-26-24-22-20-18-16-14-12-10-8-6-4-2/h13,15,37,40H,3-12,14,16-36H2,1-2H3/b15-13-/t37-/m0/s1. The van der Waals surface area contributed by atoms with Crippen molar-refractivity contribution in [3.05, 3.63) is 12.2 Å². The molecule has 0 aromatic heterocycles. The lowest BCUT2D eigenvalue weighted by Crippen LogP contribution is -2.25. The first-order valence-corrected chi connectivity index (χ1v) is 19.2. The number of rotatable bonds is 35. The quantitative estimate of drug-likeness (QED) is 0.0432. The Morgan fingerprint density at radius 2 is 0.727 bits per heavy atom. The van der Waals surface area contributed by atoms with E-state index >= 15 is 0 Å². The van der Waals surface area contributed by atoms with Crippen LogP contribution in [0.15, 0.2) is 12.2 Å². The molecular formula is C39H74O5. The summed E-state index contributed by atoms with van der Waals surface area (Å²) in [6.45, 7) is 4.30. The van der Waals surface area contributed by atoms with Gasteiger partial charge in [0.2, 0.25) is 0 Å². The largest absolute Gasteiger partial charge is 0.463 e. The summed E-state index contributed by atoms with van der Waals surface area (Å²) in [5.74, 6) is -0.561. The Kier molecular flexibility index (Phi) is 35.0. The number of aliphatic hydroxyl groups excluding tert-OH is 1. The molecule has 0 saturated heterocycles. The first-order valence-electron chi connectivity index (χ1n) is 19.2. The van der Waals surface area contributed by atoms with Crippen molar-refractivity contribution in [2.75, 3.05) is 13.2 Å². The van der Waals surface area contributed by atoms with Crippen molar-refractivity contribution in [2.45, 2.75) is 213 Å². The highest BCUT2D eigenvalue weighted by atomic mass is 16.6. The zero-order valence-corrected chi connectivity index (χ0v) is 29.4. The van der Waals surface area contributed by atoms with E-state index in [0.717, 1.165) is 32.1 Å². The number of ether oxygens (including phenoxy) is 2.